The van der Waals surface area contributed by atoms with E-state index < -0.39 is 16.1 Å². The van der Waals surface area contributed by atoms with Gasteiger partial charge >= 0.3 is 0 Å². The van der Waals surface area contributed by atoms with Crippen molar-refractivity contribution in [1.29, 1.82) is 0 Å². The predicted octanol–water partition coefficient (Wildman–Crippen LogP) is 4.28. The van der Waals surface area contributed by atoms with Gasteiger partial charge in [0.15, 0.2) is 0 Å². The average molecular weight is 558 g/mol. The highest BCUT2D eigenvalue weighted by Crippen LogP contribution is 2.34. The van der Waals surface area contributed by atoms with Gasteiger partial charge in [0.1, 0.15) is 6.04 Å². The van der Waals surface area contributed by atoms with Crippen molar-refractivity contribution >= 4 is 32.4 Å². The fourth-order valence-electron chi connectivity index (χ4n) is 5.53. The van der Waals surface area contributed by atoms with Crippen molar-refractivity contribution < 1.29 is 13.2 Å². The van der Waals surface area contributed by atoms with Crippen molar-refractivity contribution in [3.8, 4) is 0 Å². The number of carbonyl (C=O) groups is 1. The highest BCUT2D eigenvalue weighted by atomic mass is 32.2. The summed E-state index contributed by atoms with van der Waals surface area (Å²) in [5.41, 5.74) is 3.10. The van der Waals surface area contributed by atoms with Crippen LogP contribution in [0, 0.1) is 6.92 Å². The summed E-state index contributed by atoms with van der Waals surface area (Å²) in [6.45, 7) is 2.16. The van der Waals surface area contributed by atoms with Gasteiger partial charge in [0.05, 0.1) is 28.7 Å². The van der Waals surface area contributed by atoms with E-state index in [-0.39, 0.29) is 29.5 Å². The van der Waals surface area contributed by atoms with Crippen molar-refractivity contribution in [2.45, 2.75) is 62.4 Å². The van der Waals surface area contributed by atoms with Crippen LogP contribution in [-0.4, -0.2) is 46.4 Å². The third-order valence-corrected chi connectivity index (χ3v) is 9.84. The van der Waals surface area contributed by atoms with Crippen LogP contribution >= 0.6 is 0 Å². The van der Waals surface area contributed by atoms with Gasteiger partial charge in [0.25, 0.3) is 5.56 Å². The van der Waals surface area contributed by atoms with E-state index in [1.54, 1.807) is 47.4 Å². The number of carbonyl (C=O) groups excluding carboxylic acids is 1. The van der Waals surface area contributed by atoms with Gasteiger partial charge < -0.3 is 4.90 Å². The molecule has 10 heteroatoms. The third-order valence-electron chi connectivity index (χ3n) is 7.95. The van der Waals surface area contributed by atoms with Gasteiger partial charge in [-0.1, -0.05) is 43.0 Å². The molecule has 0 spiro atoms. The van der Waals surface area contributed by atoms with Crippen LogP contribution in [0.2, 0.25) is 0 Å². The minimum absolute atomic E-state index is 0.106. The number of H-pyrrole nitrogens is 1. The summed E-state index contributed by atoms with van der Waals surface area (Å²) >= 11 is 0. The molecule has 40 heavy (non-hydrogen) atoms. The number of sulfonamides is 1. The molecular formula is C30H31N5O4S. The Balaban J connectivity index is 1.29. The van der Waals surface area contributed by atoms with E-state index in [0.29, 0.717) is 28.1 Å². The predicted molar refractivity (Wildman–Crippen MR) is 152 cm³/mol. The molecule has 4 aromatic rings. The van der Waals surface area contributed by atoms with Gasteiger partial charge in [-0.2, -0.15) is 9.40 Å². The van der Waals surface area contributed by atoms with Gasteiger partial charge in [-0.15, -0.1) is 0 Å². The zero-order valence-corrected chi connectivity index (χ0v) is 23.1. The lowest BCUT2D eigenvalue weighted by Crippen LogP contribution is -2.36. The summed E-state index contributed by atoms with van der Waals surface area (Å²) in [5.74, 6) is 0.178. The molecule has 1 aliphatic carbocycles. The molecule has 2 unspecified atom stereocenters. The highest BCUT2D eigenvalue weighted by molar-refractivity contribution is 7.89. The van der Waals surface area contributed by atoms with Crippen molar-refractivity contribution in [3.63, 3.8) is 0 Å². The maximum Gasteiger partial charge on any atom is 0.272 e. The van der Waals surface area contributed by atoms with Crippen molar-refractivity contribution in [2.75, 3.05) is 11.4 Å². The van der Waals surface area contributed by atoms with Crippen LogP contribution in [0.25, 0.3) is 10.8 Å². The Morgan fingerprint density at radius 1 is 1.02 bits per heavy atom. The van der Waals surface area contributed by atoms with E-state index in [1.165, 1.54) is 48.2 Å². The summed E-state index contributed by atoms with van der Waals surface area (Å²) in [6.07, 6.45) is 9.53. The SMILES string of the molecule is Cc1ccc(S(=O)(=O)N2CC2C(=O)N(Cc2ccc(C3CCCCC3)cn2)c2ccc3c(=O)[nH]ncc3c2)cc1. The van der Waals surface area contributed by atoms with E-state index in [4.69, 9.17) is 0 Å². The first-order chi connectivity index (χ1) is 19.3. The summed E-state index contributed by atoms with van der Waals surface area (Å²) in [6, 6.07) is 14.9. The number of anilines is 1. The number of aryl methyl sites for hydroxylation is 1. The molecule has 206 valence electrons. The zero-order chi connectivity index (χ0) is 27.9. The molecule has 2 aliphatic rings. The molecule has 3 heterocycles. The minimum Gasteiger partial charge on any atom is -0.305 e. The fraction of sp³-hybridized carbons (Fsp3) is 0.333. The summed E-state index contributed by atoms with van der Waals surface area (Å²) in [4.78, 5) is 32.5. The van der Waals surface area contributed by atoms with Gasteiger partial charge in [-0.3, -0.25) is 14.6 Å². The van der Waals surface area contributed by atoms with Crippen LogP contribution in [0.1, 0.15) is 54.8 Å². The standard InChI is InChI=1S/C30H31N5O4S/c1-20-7-12-26(13-8-20)40(38,39)35-19-28(35)30(37)34(25-11-14-27-23(15-25)17-32-33-29(27)36)18-24-10-9-22(16-31-24)21-5-3-2-4-6-21/h7-17,21,28H,2-6,18-19H2,1H3,(H,33,36). The number of rotatable bonds is 7. The van der Waals surface area contributed by atoms with Crippen molar-refractivity contribution in [1.82, 2.24) is 19.5 Å². The normalized spacial score (nSPS) is 19.4. The van der Waals surface area contributed by atoms with E-state index in [1.807, 2.05) is 19.2 Å². The van der Waals surface area contributed by atoms with Crippen LogP contribution < -0.4 is 10.5 Å². The fourth-order valence-corrected chi connectivity index (χ4v) is 7.05. The molecule has 0 bridgehead atoms. The van der Waals surface area contributed by atoms with Crippen LogP contribution in [0.15, 0.2) is 76.7 Å². The molecule has 2 aromatic heterocycles. The molecule has 1 saturated carbocycles. The van der Waals surface area contributed by atoms with Gasteiger partial charge in [-0.05, 0) is 67.6 Å². The van der Waals surface area contributed by atoms with E-state index in [0.717, 1.165) is 5.56 Å². The second-order valence-electron chi connectivity index (χ2n) is 10.7. The van der Waals surface area contributed by atoms with Crippen LogP contribution in [0.3, 0.4) is 0 Å². The minimum atomic E-state index is -3.81. The van der Waals surface area contributed by atoms with Crippen LogP contribution in [0.4, 0.5) is 5.69 Å². The van der Waals surface area contributed by atoms with Crippen LogP contribution in [0.5, 0.6) is 0 Å². The lowest BCUT2D eigenvalue weighted by molar-refractivity contribution is -0.118. The number of pyridine rings is 1. The maximum atomic E-state index is 13.9. The topological polar surface area (TPSA) is 116 Å². The Bertz CT molecular complexity index is 1710. The van der Waals surface area contributed by atoms with Crippen LogP contribution in [-0.2, 0) is 21.4 Å². The monoisotopic (exact) mass is 557 g/mol. The molecule has 1 amide bonds. The molecular weight excluding hydrogens is 526 g/mol. The zero-order valence-electron chi connectivity index (χ0n) is 22.3. The van der Waals surface area contributed by atoms with E-state index >= 15 is 0 Å². The van der Waals surface area contributed by atoms with Gasteiger partial charge in [-0.25, -0.2) is 13.5 Å². The molecule has 9 nitrogen and oxygen atoms in total. The first-order valence-corrected chi connectivity index (χ1v) is 15.1. The average Bonchev–Trinajstić information content (AvgIpc) is 3.79. The number of hydrogen-bond donors (Lipinski definition) is 1. The first kappa shape index (κ1) is 26.3. The molecule has 0 radical (unpaired) electrons. The lowest BCUT2D eigenvalue weighted by Gasteiger charge is -2.24. The number of aromatic amines is 1. The maximum absolute atomic E-state index is 13.9. The number of amides is 1. The lowest BCUT2D eigenvalue weighted by atomic mass is 9.85. The largest absolute Gasteiger partial charge is 0.305 e. The number of aromatic nitrogens is 3. The van der Waals surface area contributed by atoms with E-state index in [9.17, 15) is 18.0 Å². The summed E-state index contributed by atoms with van der Waals surface area (Å²) in [5, 5.41) is 7.34. The molecule has 2 fully saturated rings. The first-order valence-electron chi connectivity index (χ1n) is 13.6. The third kappa shape index (κ3) is 5.16. The van der Waals surface area contributed by atoms with Gasteiger partial charge in [0, 0.05) is 23.8 Å². The Labute approximate surface area is 232 Å². The Kier molecular flexibility index (Phi) is 6.97. The van der Waals surface area contributed by atoms with E-state index in [2.05, 4.69) is 21.2 Å². The second kappa shape index (κ2) is 10.6. The van der Waals surface area contributed by atoms with Gasteiger partial charge in [0.2, 0.25) is 15.9 Å². The Morgan fingerprint density at radius 2 is 1.80 bits per heavy atom. The molecule has 1 aliphatic heterocycles. The molecule has 1 N–H and O–H groups in total. The Hall–Kier alpha value is -3.89. The number of benzene rings is 2. The summed E-state index contributed by atoms with van der Waals surface area (Å²) in [7, 11) is -3.81. The number of nitrogens with zero attached hydrogens (tertiary/aromatic N) is 4. The smallest absolute Gasteiger partial charge is 0.272 e. The quantitative estimate of drug-likeness (QED) is 0.339. The molecule has 1 saturated heterocycles. The van der Waals surface area contributed by atoms with Crippen molar-refractivity contribution in [3.05, 3.63) is 94.2 Å². The van der Waals surface area contributed by atoms with Crippen molar-refractivity contribution in [2.24, 2.45) is 0 Å². The molecule has 6 rings (SSSR count). The number of hydrogen-bond acceptors (Lipinski definition) is 6. The molecule has 2 atom stereocenters. The second-order valence-corrected chi connectivity index (χ2v) is 12.6. The molecule has 2 aromatic carbocycles. The Morgan fingerprint density at radius 3 is 2.52 bits per heavy atom. The number of fused-ring (bicyclic) bond motifs is 1. The summed E-state index contributed by atoms with van der Waals surface area (Å²) < 4.78 is 27.7. The highest BCUT2D eigenvalue weighted by Gasteiger charge is 2.51. The number of nitrogens with one attached hydrogen (secondary N) is 1.